The molecular weight excluding hydrogens is 256 g/mol. The van der Waals surface area contributed by atoms with Gasteiger partial charge in [-0.3, -0.25) is 0 Å². The predicted molar refractivity (Wildman–Crippen MR) is 80.7 cm³/mol. The summed E-state index contributed by atoms with van der Waals surface area (Å²) >= 11 is 6.12. The van der Waals surface area contributed by atoms with Crippen molar-refractivity contribution in [2.45, 2.75) is 32.8 Å². The van der Waals surface area contributed by atoms with Gasteiger partial charge in [0.25, 0.3) is 0 Å². The van der Waals surface area contributed by atoms with Crippen molar-refractivity contribution in [2.24, 2.45) is 0 Å². The van der Waals surface area contributed by atoms with Gasteiger partial charge in [-0.1, -0.05) is 61.3 Å². The maximum Gasteiger partial charge on any atom is 0.104 e. The average Bonchev–Trinajstić information content (AvgIpc) is 2.42. The lowest BCUT2D eigenvalue weighted by atomic mass is 9.98. The van der Waals surface area contributed by atoms with E-state index in [1.807, 2.05) is 37.3 Å². The van der Waals surface area contributed by atoms with Gasteiger partial charge in [0.2, 0.25) is 0 Å². The Morgan fingerprint density at radius 1 is 1.11 bits per heavy atom. The van der Waals surface area contributed by atoms with E-state index < -0.39 is 6.10 Å². The number of rotatable bonds is 4. The van der Waals surface area contributed by atoms with E-state index in [9.17, 15) is 5.11 Å². The molecule has 2 aromatic rings. The normalized spacial score (nSPS) is 12.4. The fraction of sp³-hybridized carbons (Fsp3) is 0.294. The van der Waals surface area contributed by atoms with Crippen molar-refractivity contribution >= 4 is 11.6 Å². The summed E-state index contributed by atoms with van der Waals surface area (Å²) in [6, 6.07) is 13.8. The zero-order valence-electron chi connectivity index (χ0n) is 11.4. The molecule has 1 N–H and O–H groups in total. The van der Waals surface area contributed by atoms with E-state index in [1.54, 1.807) is 0 Å². The molecular formula is C17H19ClO. The molecule has 0 heterocycles. The molecule has 19 heavy (non-hydrogen) atoms. The van der Waals surface area contributed by atoms with Gasteiger partial charge in [-0.05, 0) is 41.7 Å². The van der Waals surface area contributed by atoms with E-state index in [0.717, 1.165) is 29.5 Å². The van der Waals surface area contributed by atoms with Crippen LogP contribution in [0.1, 0.15) is 41.7 Å². The fourth-order valence-electron chi connectivity index (χ4n) is 2.18. The average molecular weight is 275 g/mol. The van der Waals surface area contributed by atoms with Gasteiger partial charge < -0.3 is 5.11 Å². The van der Waals surface area contributed by atoms with Crippen LogP contribution in [0.4, 0.5) is 0 Å². The van der Waals surface area contributed by atoms with Crippen LogP contribution < -0.4 is 0 Å². The molecule has 1 unspecified atom stereocenters. The summed E-state index contributed by atoms with van der Waals surface area (Å²) in [4.78, 5) is 0. The number of aliphatic hydroxyl groups excluding tert-OH is 1. The molecule has 2 rings (SSSR count). The Labute approximate surface area is 119 Å². The minimum Gasteiger partial charge on any atom is -0.384 e. The van der Waals surface area contributed by atoms with Crippen LogP contribution in [0, 0.1) is 6.92 Å². The first-order valence-electron chi connectivity index (χ1n) is 6.64. The van der Waals surface area contributed by atoms with Gasteiger partial charge in [0.15, 0.2) is 0 Å². The third-order valence-corrected chi connectivity index (χ3v) is 3.72. The highest BCUT2D eigenvalue weighted by Crippen LogP contribution is 2.26. The highest BCUT2D eigenvalue weighted by atomic mass is 35.5. The third kappa shape index (κ3) is 3.37. The van der Waals surface area contributed by atoms with E-state index >= 15 is 0 Å². The van der Waals surface area contributed by atoms with Crippen molar-refractivity contribution in [1.29, 1.82) is 0 Å². The van der Waals surface area contributed by atoms with Crippen LogP contribution in [0.2, 0.25) is 5.02 Å². The quantitative estimate of drug-likeness (QED) is 0.858. The standard InChI is InChI=1S/C17H19ClO/c1-3-5-13-6-4-7-14(10-13)17(19)15-9-8-12(2)16(18)11-15/h4,6-11,17,19H,3,5H2,1-2H3. The maximum atomic E-state index is 10.4. The first-order chi connectivity index (χ1) is 9.11. The summed E-state index contributed by atoms with van der Waals surface area (Å²) in [6.45, 7) is 4.11. The Balaban J connectivity index is 2.29. The van der Waals surface area contributed by atoms with Gasteiger partial charge in [0, 0.05) is 5.02 Å². The molecule has 0 aliphatic heterocycles. The maximum absolute atomic E-state index is 10.4. The van der Waals surface area contributed by atoms with Gasteiger partial charge in [0.1, 0.15) is 6.10 Å². The molecule has 0 saturated heterocycles. The summed E-state index contributed by atoms with van der Waals surface area (Å²) in [5, 5.41) is 11.1. The lowest BCUT2D eigenvalue weighted by Crippen LogP contribution is -2.00. The molecule has 0 amide bonds. The topological polar surface area (TPSA) is 20.2 Å². The van der Waals surface area contributed by atoms with Gasteiger partial charge in [-0.25, -0.2) is 0 Å². The highest BCUT2D eigenvalue weighted by molar-refractivity contribution is 6.31. The number of hydrogen-bond donors (Lipinski definition) is 1. The van der Waals surface area contributed by atoms with Crippen molar-refractivity contribution in [2.75, 3.05) is 0 Å². The molecule has 0 aromatic heterocycles. The molecule has 0 aliphatic carbocycles. The van der Waals surface area contributed by atoms with Gasteiger partial charge >= 0.3 is 0 Å². The lowest BCUT2D eigenvalue weighted by Gasteiger charge is -2.14. The van der Waals surface area contributed by atoms with Crippen LogP contribution in [0.25, 0.3) is 0 Å². The van der Waals surface area contributed by atoms with Gasteiger partial charge in [0.05, 0.1) is 0 Å². The minimum absolute atomic E-state index is 0.616. The smallest absolute Gasteiger partial charge is 0.104 e. The summed E-state index contributed by atoms with van der Waals surface area (Å²) in [7, 11) is 0. The van der Waals surface area contributed by atoms with E-state index in [-0.39, 0.29) is 0 Å². The molecule has 0 saturated carbocycles. The second-order valence-electron chi connectivity index (χ2n) is 4.91. The fourth-order valence-corrected chi connectivity index (χ4v) is 2.37. The second kappa shape index (κ2) is 6.23. The van der Waals surface area contributed by atoms with Crippen molar-refractivity contribution in [3.8, 4) is 0 Å². The summed E-state index contributed by atoms with van der Waals surface area (Å²) in [6.07, 6.45) is 1.53. The monoisotopic (exact) mass is 274 g/mol. The number of benzene rings is 2. The SMILES string of the molecule is CCCc1cccc(C(O)c2ccc(C)c(Cl)c2)c1. The molecule has 0 spiro atoms. The van der Waals surface area contributed by atoms with Crippen LogP contribution in [-0.2, 0) is 6.42 Å². The first-order valence-corrected chi connectivity index (χ1v) is 7.02. The van der Waals surface area contributed by atoms with E-state index in [0.29, 0.717) is 5.02 Å². The van der Waals surface area contributed by atoms with Crippen molar-refractivity contribution in [1.82, 2.24) is 0 Å². The molecule has 2 heteroatoms. The number of aryl methyl sites for hydroxylation is 2. The Hall–Kier alpha value is -1.31. The minimum atomic E-state index is -0.616. The number of aliphatic hydroxyl groups is 1. The van der Waals surface area contributed by atoms with Crippen LogP contribution in [-0.4, -0.2) is 5.11 Å². The molecule has 0 aliphatic rings. The van der Waals surface area contributed by atoms with Crippen molar-refractivity contribution in [3.05, 3.63) is 69.7 Å². The first kappa shape index (κ1) is 14.1. The Kier molecular flexibility index (Phi) is 4.62. The summed E-state index contributed by atoms with van der Waals surface area (Å²) < 4.78 is 0. The number of halogens is 1. The second-order valence-corrected chi connectivity index (χ2v) is 5.31. The van der Waals surface area contributed by atoms with E-state index in [2.05, 4.69) is 19.1 Å². The zero-order valence-corrected chi connectivity index (χ0v) is 12.1. The summed E-state index contributed by atoms with van der Waals surface area (Å²) in [5.41, 5.74) is 4.05. The van der Waals surface area contributed by atoms with Crippen LogP contribution in [0.5, 0.6) is 0 Å². The van der Waals surface area contributed by atoms with Gasteiger partial charge in [-0.2, -0.15) is 0 Å². The van der Waals surface area contributed by atoms with E-state index in [1.165, 1.54) is 5.56 Å². The Bertz CT molecular complexity index is 563. The lowest BCUT2D eigenvalue weighted by molar-refractivity contribution is 0.220. The molecule has 0 bridgehead atoms. The number of hydrogen-bond acceptors (Lipinski definition) is 1. The van der Waals surface area contributed by atoms with Crippen molar-refractivity contribution < 1.29 is 5.11 Å². The summed E-state index contributed by atoms with van der Waals surface area (Å²) in [5.74, 6) is 0. The molecule has 0 radical (unpaired) electrons. The highest BCUT2D eigenvalue weighted by Gasteiger charge is 2.11. The van der Waals surface area contributed by atoms with Crippen molar-refractivity contribution in [3.63, 3.8) is 0 Å². The largest absolute Gasteiger partial charge is 0.384 e. The molecule has 1 nitrogen and oxygen atoms in total. The molecule has 100 valence electrons. The Morgan fingerprint density at radius 2 is 1.84 bits per heavy atom. The van der Waals surface area contributed by atoms with E-state index in [4.69, 9.17) is 11.6 Å². The van der Waals surface area contributed by atoms with Crippen LogP contribution >= 0.6 is 11.6 Å². The molecule has 0 fully saturated rings. The molecule has 2 aromatic carbocycles. The zero-order chi connectivity index (χ0) is 13.8. The Morgan fingerprint density at radius 3 is 2.53 bits per heavy atom. The van der Waals surface area contributed by atoms with Crippen LogP contribution in [0.3, 0.4) is 0 Å². The van der Waals surface area contributed by atoms with Crippen LogP contribution in [0.15, 0.2) is 42.5 Å². The molecule has 1 atom stereocenters. The third-order valence-electron chi connectivity index (χ3n) is 3.32. The predicted octanol–water partition coefficient (Wildman–Crippen LogP) is 4.68. The van der Waals surface area contributed by atoms with Gasteiger partial charge in [-0.15, -0.1) is 0 Å².